The molecule has 1 aromatic rings. The molecule has 17 heavy (non-hydrogen) atoms. The molecule has 0 N–H and O–H groups in total. The van der Waals surface area contributed by atoms with Crippen LogP contribution >= 0.6 is 0 Å². The Labute approximate surface area is 103 Å². The maximum atomic E-state index is 4.39. The molecule has 1 aliphatic rings. The predicted molar refractivity (Wildman–Crippen MR) is 70.2 cm³/mol. The standard InChI is InChI=1S/C13H20N4/c1-10(2)7-17-6-5-12-11(8-17)13(16(3)4)15-9-14-12/h9H,1,5-8H2,2-4H3. The van der Waals surface area contributed by atoms with Gasteiger partial charge in [-0.25, -0.2) is 9.97 Å². The first-order valence-electron chi connectivity index (χ1n) is 5.94. The van der Waals surface area contributed by atoms with Crippen LogP contribution in [0.2, 0.25) is 0 Å². The summed E-state index contributed by atoms with van der Waals surface area (Å²) < 4.78 is 0. The molecular weight excluding hydrogens is 212 g/mol. The van der Waals surface area contributed by atoms with Crippen molar-refractivity contribution in [3.63, 3.8) is 0 Å². The van der Waals surface area contributed by atoms with Gasteiger partial charge in [-0.05, 0) is 6.92 Å². The van der Waals surface area contributed by atoms with E-state index in [1.54, 1.807) is 6.33 Å². The minimum absolute atomic E-state index is 0.927. The van der Waals surface area contributed by atoms with Crippen LogP contribution in [0.15, 0.2) is 18.5 Å². The van der Waals surface area contributed by atoms with Crippen LogP contribution in [-0.2, 0) is 13.0 Å². The third-order valence-corrected chi connectivity index (χ3v) is 2.98. The van der Waals surface area contributed by atoms with Gasteiger partial charge in [0.2, 0.25) is 0 Å². The predicted octanol–water partition coefficient (Wildman–Crippen LogP) is 1.48. The molecule has 4 heteroatoms. The Hall–Kier alpha value is -1.42. The number of aromatic nitrogens is 2. The Balaban J connectivity index is 2.25. The molecule has 2 rings (SSSR count). The summed E-state index contributed by atoms with van der Waals surface area (Å²) in [7, 11) is 4.06. The SMILES string of the molecule is C=C(C)CN1CCc2ncnc(N(C)C)c2C1. The highest BCUT2D eigenvalue weighted by molar-refractivity contribution is 5.48. The van der Waals surface area contributed by atoms with Gasteiger partial charge in [-0.15, -0.1) is 0 Å². The van der Waals surface area contributed by atoms with E-state index in [0.717, 1.165) is 31.9 Å². The molecule has 0 unspecified atom stereocenters. The fourth-order valence-corrected chi connectivity index (χ4v) is 2.28. The third kappa shape index (κ3) is 2.64. The number of hydrogen-bond acceptors (Lipinski definition) is 4. The van der Waals surface area contributed by atoms with Crippen molar-refractivity contribution < 1.29 is 0 Å². The number of nitrogens with zero attached hydrogens (tertiary/aromatic N) is 4. The fourth-order valence-electron chi connectivity index (χ4n) is 2.28. The molecule has 0 atom stereocenters. The average molecular weight is 232 g/mol. The molecule has 0 fully saturated rings. The van der Waals surface area contributed by atoms with E-state index >= 15 is 0 Å². The quantitative estimate of drug-likeness (QED) is 0.739. The molecule has 2 heterocycles. The van der Waals surface area contributed by atoms with E-state index in [0.29, 0.717) is 0 Å². The van der Waals surface area contributed by atoms with Crippen LogP contribution < -0.4 is 4.90 Å². The zero-order valence-corrected chi connectivity index (χ0v) is 10.9. The van der Waals surface area contributed by atoms with Gasteiger partial charge in [0.15, 0.2) is 0 Å². The van der Waals surface area contributed by atoms with Crippen molar-refractivity contribution in [3.8, 4) is 0 Å². The Morgan fingerprint density at radius 1 is 1.47 bits per heavy atom. The summed E-state index contributed by atoms with van der Waals surface area (Å²) in [6.07, 6.45) is 2.68. The molecule has 0 aromatic carbocycles. The van der Waals surface area contributed by atoms with Crippen LogP contribution in [0.1, 0.15) is 18.2 Å². The Morgan fingerprint density at radius 2 is 2.24 bits per heavy atom. The maximum Gasteiger partial charge on any atom is 0.136 e. The highest BCUT2D eigenvalue weighted by Gasteiger charge is 2.21. The zero-order chi connectivity index (χ0) is 12.4. The van der Waals surface area contributed by atoms with E-state index in [1.807, 2.05) is 14.1 Å². The first-order valence-corrected chi connectivity index (χ1v) is 5.94. The van der Waals surface area contributed by atoms with E-state index in [2.05, 4.69) is 33.3 Å². The molecule has 0 radical (unpaired) electrons. The summed E-state index contributed by atoms with van der Waals surface area (Å²) in [6.45, 7) is 9.00. The largest absolute Gasteiger partial charge is 0.362 e. The third-order valence-electron chi connectivity index (χ3n) is 2.98. The second kappa shape index (κ2) is 4.84. The summed E-state index contributed by atoms with van der Waals surface area (Å²) >= 11 is 0. The van der Waals surface area contributed by atoms with Gasteiger partial charge in [0.05, 0.1) is 5.69 Å². The molecule has 4 nitrogen and oxygen atoms in total. The highest BCUT2D eigenvalue weighted by atomic mass is 15.2. The fraction of sp³-hybridized carbons (Fsp3) is 0.538. The first kappa shape index (κ1) is 12.0. The van der Waals surface area contributed by atoms with Crippen LogP contribution in [0.5, 0.6) is 0 Å². The van der Waals surface area contributed by atoms with Gasteiger partial charge in [0, 0.05) is 45.7 Å². The van der Waals surface area contributed by atoms with Gasteiger partial charge >= 0.3 is 0 Å². The molecule has 0 saturated heterocycles. The monoisotopic (exact) mass is 232 g/mol. The normalized spacial score (nSPS) is 15.5. The van der Waals surface area contributed by atoms with Crippen molar-refractivity contribution in [2.45, 2.75) is 19.9 Å². The average Bonchev–Trinajstić information content (AvgIpc) is 2.27. The lowest BCUT2D eigenvalue weighted by atomic mass is 10.1. The van der Waals surface area contributed by atoms with Crippen LogP contribution in [0.25, 0.3) is 0 Å². The van der Waals surface area contributed by atoms with Gasteiger partial charge in [0.25, 0.3) is 0 Å². The lowest BCUT2D eigenvalue weighted by Crippen LogP contribution is -2.33. The van der Waals surface area contributed by atoms with Crippen LogP contribution in [0, 0.1) is 0 Å². The van der Waals surface area contributed by atoms with Crippen molar-refractivity contribution in [2.24, 2.45) is 0 Å². The van der Waals surface area contributed by atoms with Gasteiger partial charge in [-0.2, -0.15) is 0 Å². The Morgan fingerprint density at radius 3 is 2.88 bits per heavy atom. The second-order valence-electron chi connectivity index (χ2n) is 4.93. The summed E-state index contributed by atoms with van der Waals surface area (Å²) in [4.78, 5) is 13.2. The molecule has 92 valence electrons. The lowest BCUT2D eigenvalue weighted by Gasteiger charge is -2.30. The Bertz CT molecular complexity index is 425. The molecule has 0 spiro atoms. The van der Waals surface area contributed by atoms with E-state index in [4.69, 9.17) is 0 Å². The Kier molecular flexibility index (Phi) is 3.43. The van der Waals surface area contributed by atoms with Crippen LogP contribution in [0.4, 0.5) is 5.82 Å². The van der Waals surface area contributed by atoms with Gasteiger partial charge in [-0.1, -0.05) is 12.2 Å². The molecule has 0 amide bonds. The summed E-state index contributed by atoms with van der Waals surface area (Å²) in [5.74, 6) is 1.04. The van der Waals surface area contributed by atoms with Gasteiger partial charge in [0.1, 0.15) is 12.1 Å². The van der Waals surface area contributed by atoms with Gasteiger partial charge < -0.3 is 4.90 Å². The number of anilines is 1. The smallest absolute Gasteiger partial charge is 0.136 e. The van der Waals surface area contributed by atoms with Crippen LogP contribution in [-0.4, -0.2) is 42.1 Å². The first-order chi connectivity index (χ1) is 8.08. The van der Waals surface area contributed by atoms with E-state index < -0.39 is 0 Å². The van der Waals surface area contributed by atoms with E-state index in [-0.39, 0.29) is 0 Å². The van der Waals surface area contributed by atoms with Crippen LogP contribution in [0.3, 0.4) is 0 Å². The van der Waals surface area contributed by atoms with Crippen molar-refractivity contribution >= 4 is 5.82 Å². The minimum Gasteiger partial charge on any atom is -0.362 e. The summed E-state index contributed by atoms with van der Waals surface area (Å²) in [5, 5.41) is 0. The van der Waals surface area contributed by atoms with Crippen molar-refractivity contribution in [1.82, 2.24) is 14.9 Å². The van der Waals surface area contributed by atoms with E-state index in [1.165, 1.54) is 16.8 Å². The van der Waals surface area contributed by atoms with E-state index in [9.17, 15) is 0 Å². The summed E-state index contributed by atoms with van der Waals surface area (Å²) in [6, 6.07) is 0. The second-order valence-corrected chi connectivity index (χ2v) is 4.93. The molecule has 0 saturated carbocycles. The molecule has 0 aliphatic carbocycles. The van der Waals surface area contributed by atoms with Gasteiger partial charge in [-0.3, -0.25) is 4.90 Å². The molecule has 0 bridgehead atoms. The summed E-state index contributed by atoms with van der Waals surface area (Å²) in [5.41, 5.74) is 3.67. The van der Waals surface area contributed by atoms with Crippen molar-refractivity contribution in [2.75, 3.05) is 32.1 Å². The number of fused-ring (bicyclic) bond motifs is 1. The number of rotatable bonds is 3. The molecule has 1 aliphatic heterocycles. The molecule has 1 aromatic heterocycles. The molecular formula is C13H20N4. The van der Waals surface area contributed by atoms with Crippen molar-refractivity contribution in [3.05, 3.63) is 29.7 Å². The highest BCUT2D eigenvalue weighted by Crippen LogP contribution is 2.24. The minimum atomic E-state index is 0.927. The topological polar surface area (TPSA) is 32.3 Å². The number of hydrogen-bond donors (Lipinski definition) is 0. The maximum absolute atomic E-state index is 4.39. The zero-order valence-electron chi connectivity index (χ0n) is 10.9. The lowest BCUT2D eigenvalue weighted by molar-refractivity contribution is 0.273. The van der Waals surface area contributed by atoms with Crippen molar-refractivity contribution in [1.29, 1.82) is 0 Å².